The summed E-state index contributed by atoms with van der Waals surface area (Å²) in [6.45, 7) is 8.13. The van der Waals surface area contributed by atoms with Crippen LogP contribution in [-0.4, -0.2) is 17.8 Å². The molecule has 0 amide bonds. The molecule has 90 valence electrons. The predicted molar refractivity (Wildman–Crippen MR) is 74.9 cm³/mol. The summed E-state index contributed by atoms with van der Waals surface area (Å²) in [6.07, 6.45) is 0. The highest BCUT2D eigenvalue weighted by molar-refractivity contribution is 8.17. The lowest BCUT2D eigenvalue weighted by Crippen LogP contribution is -2.13. The number of nitrogens with one attached hydrogen (secondary N) is 1. The Morgan fingerprint density at radius 3 is 2.76 bits per heavy atom. The summed E-state index contributed by atoms with van der Waals surface area (Å²) in [5.74, 6) is 0.830. The van der Waals surface area contributed by atoms with Gasteiger partial charge in [0.25, 0.3) is 0 Å². The van der Waals surface area contributed by atoms with Crippen molar-refractivity contribution in [3.63, 3.8) is 0 Å². The van der Waals surface area contributed by atoms with Crippen LogP contribution in [0.4, 0.5) is 5.69 Å². The van der Waals surface area contributed by atoms with Gasteiger partial charge in [-0.25, -0.2) is 0 Å². The van der Waals surface area contributed by atoms with Crippen LogP contribution in [0.5, 0.6) is 5.75 Å². The van der Waals surface area contributed by atoms with E-state index in [-0.39, 0.29) is 5.54 Å². The summed E-state index contributed by atoms with van der Waals surface area (Å²) in [5, 5.41) is 4.16. The van der Waals surface area contributed by atoms with E-state index in [4.69, 9.17) is 4.74 Å². The van der Waals surface area contributed by atoms with Gasteiger partial charge in [0.15, 0.2) is 5.17 Å². The number of methoxy groups -OCH3 is 1. The van der Waals surface area contributed by atoms with Gasteiger partial charge in [0.05, 0.1) is 12.6 Å². The molecular weight excluding hydrogens is 232 g/mol. The Bertz CT molecular complexity index is 480. The van der Waals surface area contributed by atoms with Gasteiger partial charge in [-0.3, -0.25) is 4.99 Å². The second-order valence-corrected chi connectivity index (χ2v) is 5.44. The Kier molecular flexibility index (Phi) is 3.15. The zero-order chi connectivity index (χ0) is 12.5. The van der Waals surface area contributed by atoms with E-state index in [0.29, 0.717) is 0 Å². The highest BCUT2D eigenvalue weighted by atomic mass is 32.2. The quantitative estimate of drug-likeness (QED) is 0.869. The fourth-order valence-electron chi connectivity index (χ4n) is 1.46. The minimum absolute atomic E-state index is 0.189. The lowest BCUT2D eigenvalue weighted by Gasteiger charge is -2.12. The molecule has 1 heterocycles. The molecule has 0 unspecified atom stereocenters. The third-order valence-electron chi connectivity index (χ3n) is 2.60. The lowest BCUT2D eigenvalue weighted by atomic mass is 10.1. The van der Waals surface area contributed by atoms with E-state index in [1.54, 1.807) is 18.9 Å². The van der Waals surface area contributed by atoms with Crippen molar-refractivity contribution in [3.05, 3.63) is 35.7 Å². The zero-order valence-electron chi connectivity index (χ0n) is 10.3. The van der Waals surface area contributed by atoms with Gasteiger partial charge in [0.2, 0.25) is 0 Å². The van der Waals surface area contributed by atoms with Crippen LogP contribution < -0.4 is 10.1 Å². The molecule has 1 N–H and O–H groups in total. The molecule has 0 aromatic heterocycles. The number of aliphatic imine (C=N–C) groups is 1. The van der Waals surface area contributed by atoms with E-state index in [0.717, 1.165) is 21.5 Å². The van der Waals surface area contributed by atoms with Crippen molar-refractivity contribution in [2.24, 2.45) is 4.99 Å². The summed E-state index contributed by atoms with van der Waals surface area (Å²) in [6, 6.07) is 7.79. The van der Waals surface area contributed by atoms with E-state index in [1.807, 2.05) is 24.3 Å². The molecule has 3 nitrogen and oxygen atoms in total. The van der Waals surface area contributed by atoms with E-state index in [1.165, 1.54) is 0 Å². The number of hydrogen-bond acceptors (Lipinski definition) is 4. The zero-order valence-corrected chi connectivity index (χ0v) is 11.1. The molecule has 2 rings (SSSR count). The average Bonchev–Trinajstić information content (AvgIpc) is 2.52. The molecule has 0 bridgehead atoms. The highest BCUT2D eigenvalue weighted by Crippen LogP contribution is 2.37. The Morgan fingerprint density at radius 1 is 1.41 bits per heavy atom. The van der Waals surface area contributed by atoms with E-state index >= 15 is 0 Å². The molecule has 0 atom stereocenters. The second kappa shape index (κ2) is 4.45. The van der Waals surface area contributed by atoms with Gasteiger partial charge in [-0.1, -0.05) is 24.4 Å². The van der Waals surface area contributed by atoms with Gasteiger partial charge in [-0.15, -0.1) is 0 Å². The number of hydrogen-bond donors (Lipinski definition) is 1. The monoisotopic (exact) mass is 248 g/mol. The summed E-state index contributed by atoms with van der Waals surface area (Å²) in [5.41, 5.74) is 0.785. The molecular formula is C13H16N2OS. The smallest absolute Gasteiger partial charge is 0.166 e. The average molecular weight is 248 g/mol. The molecule has 0 radical (unpaired) electrons. The van der Waals surface area contributed by atoms with Gasteiger partial charge in [-0.2, -0.15) is 0 Å². The molecule has 17 heavy (non-hydrogen) atoms. The van der Waals surface area contributed by atoms with Crippen molar-refractivity contribution in [3.8, 4) is 5.75 Å². The van der Waals surface area contributed by atoms with E-state index < -0.39 is 0 Å². The minimum Gasteiger partial charge on any atom is -0.497 e. The van der Waals surface area contributed by atoms with E-state index in [9.17, 15) is 0 Å². The SMILES string of the molecule is C=C1SC(Nc2cccc(OC)c2)=NC1(C)C. The maximum absolute atomic E-state index is 5.18. The van der Waals surface area contributed by atoms with Crippen LogP contribution in [0, 0.1) is 0 Å². The van der Waals surface area contributed by atoms with Gasteiger partial charge < -0.3 is 10.1 Å². The van der Waals surface area contributed by atoms with Crippen LogP contribution in [0.1, 0.15) is 13.8 Å². The van der Waals surface area contributed by atoms with Crippen LogP contribution >= 0.6 is 11.8 Å². The number of rotatable bonds is 2. The molecule has 0 spiro atoms. The molecule has 1 aliphatic heterocycles. The first kappa shape index (κ1) is 12.0. The van der Waals surface area contributed by atoms with Crippen molar-refractivity contribution >= 4 is 22.6 Å². The molecule has 1 aliphatic rings. The molecule has 1 aromatic carbocycles. The molecule has 0 saturated heterocycles. The summed E-state index contributed by atoms with van der Waals surface area (Å²) >= 11 is 1.58. The second-order valence-electron chi connectivity index (χ2n) is 4.36. The molecule has 0 aliphatic carbocycles. The molecule has 4 heteroatoms. The van der Waals surface area contributed by atoms with Crippen LogP contribution in [0.3, 0.4) is 0 Å². The van der Waals surface area contributed by atoms with Crippen molar-refractivity contribution in [2.45, 2.75) is 19.4 Å². The Morgan fingerprint density at radius 2 is 2.18 bits per heavy atom. The predicted octanol–water partition coefficient (Wildman–Crippen LogP) is 3.50. The van der Waals surface area contributed by atoms with Crippen LogP contribution in [0.25, 0.3) is 0 Å². The number of ether oxygens (including phenoxy) is 1. The Balaban J connectivity index is 2.14. The number of anilines is 1. The number of benzene rings is 1. The van der Waals surface area contributed by atoms with Gasteiger partial charge in [0.1, 0.15) is 5.75 Å². The third-order valence-corrected chi connectivity index (χ3v) is 3.74. The lowest BCUT2D eigenvalue weighted by molar-refractivity contribution is 0.415. The molecule has 1 aromatic rings. The van der Waals surface area contributed by atoms with Gasteiger partial charge in [0, 0.05) is 16.7 Å². The Hall–Kier alpha value is -1.42. The maximum Gasteiger partial charge on any atom is 0.166 e. The number of nitrogens with zero attached hydrogens (tertiary/aromatic N) is 1. The highest BCUT2D eigenvalue weighted by Gasteiger charge is 2.29. The third kappa shape index (κ3) is 2.64. The minimum atomic E-state index is -0.189. The summed E-state index contributed by atoms with van der Waals surface area (Å²) in [7, 11) is 1.66. The first-order valence-electron chi connectivity index (χ1n) is 5.39. The normalized spacial score (nSPS) is 17.8. The number of thioether (sulfide) groups is 1. The van der Waals surface area contributed by atoms with Crippen LogP contribution in [0.15, 0.2) is 40.7 Å². The molecule has 0 fully saturated rings. The standard InChI is InChI=1S/C13H16N2OS/c1-9-13(2,3)15-12(17-9)14-10-6-5-7-11(8-10)16-4/h5-8H,1H2,2-4H3,(H,14,15). The number of amidine groups is 1. The van der Waals surface area contributed by atoms with Crippen molar-refractivity contribution in [1.29, 1.82) is 0 Å². The van der Waals surface area contributed by atoms with Crippen LogP contribution in [-0.2, 0) is 0 Å². The summed E-state index contributed by atoms with van der Waals surface area (Å²) < 4.78 is 5.18. The van der Waals surface area contributed by atoms with Crippen molar-refractivity contribution in [2.75, 3.05) is 12.4 Å². The summed E-state index contributed by atoms with van der Waals surface area (Å²) in [4.78, 5) is 5.64. The maximum atomic E-state index is 5.18. The van der Waals surface area contributed by atoms with Gasteiger partial charge >= 0.3 is 0 Å². The fourth-order valence-corrected chi connectivity index (χ4v) is 2.43. The first-order chi connectivity index (χ1) is 8.01. The van der Waals surface area contributed by atoms with Crippen LogP contribution in [0.2, 0.25) is 0 Å². The fraction of sp³-hybridized carbons (Fsp3) is 0.308. The topological polar surface area (TPSA) is 33.6 Å². The van der Waals surface area contributed by atoms with Crippen molar-refractivity contribution < 1.29 is 4.74 Å². The molecule has 0 saturated carbocycles. The van der Waals surface area contributed by atoms with E-state index in [2.05, 4.69) is 30.7 Å². The van der Waals surface area contributed by atoms with Crippen molar-refractivity contribution in [1.82, 2.24) is 0 Å². The first-order valence-corrected chi connectivity index (χ1v) is 6.21. The largest absolute Gasteiger partial charge is 0.497 e. The Labute approximate surface area is 106 Å². The van der Waals surface area contributed by atoms with Gasteiger partial charge in [-0.05, 0) is 26.0 Å².